The number of rotatable bonds is 4. The summed E-state index contributed by atoms with van der Waals surface area (Å²) in [5, 5.41) is 12.6. The van der Waals surface area contributed by atoms with Gasteiger partial charge in [-0.1, -0.05) is 26.2 Å². The number of nitrogens with one attached hydrogen (secondary N) is 1. The number of aromatic carboxylic acids is 1. The lowest BCUT2D eigenvalue weighted by atomic mass is 9.97. The molecular weight excluding hydrogens is 242 g/mol. The highest BCUT2D eigenvalue weighted by Crippen LogP contribution is 2.23. The number of hydrogen-bond donors (Lipinski definition) is 2. The predicted octanol–water partition coefficient (Wildman–Crippen LogP) is 2.23. The van der Waals surface area contributed by atoms with Gasteiger partial charge in [-0.25, -0.2) is 14.8 Å². The molecule has 0 spiro atoms. The average molecular weight is 263 g/mol. The van der Waals surface area contributed by atoms with Gasteiger partial charge in [0.15, 0.2) is 0 Å². The molecule has 104 valence electrons. The number of aromatic nitrogens is 2. The maximum Gasteiger partial charge on any atom is 0.339 e. The summed E-state index contributed by atoms with van der Waals surface area (Å²) < 4.78 is 0. The van der Waals surface area contributed by atoms with Gasteiger partial charge in [-0.15, -0.1) is 0 Å². The maximum atomic E-state index is 11.1. The largest absolute Gasteiger partial charge is 0.478 e. The molecule has 1 aromatic heterocycles. The summed E-state index contributed by atoms with van der Waals surface area (Å²) in [5.41, 5.74) is 0.759. The molecule has 0 saturated heterocycles. The van der Waals surface area contributed by atoms with Crippen LogP contribution in [0.25, 0.3) is 0 Å². The first-order chi connectivity index (χ1) is 9.18. The fraction of sp³-hybridized carbons (Fsp3) is 0.643. The second kappa shape index (κ2) is 6.61. The fourth-order valence-electron chi connectivity index (χ4n) is 2.70. The molecule has 1 aliphatic rings. The topological polar surface area (TPSA) is 75.1 Å². The van der Waals surface area contributed by atoms with Gasteiger partial charge in [-0.2, -0.15) is 0 Å². The van der Waals surface area contributed by atoms with Gasteiger partial charge in [0.25, 0.3) is 0 Å². The summed E-state index contributed by atoms with van der Waals surface area (Å²) in [6, 6.07) is 0.458. The summed E-state index contributed by atoms with van der Waals surface area (Å²) >= 11 is 0. The van der Waals surface area contributed by atoms with E-state index >= 15 is 0 Å². The molecule has 19 heavy (non-hydrogen) atoms. The van der Waals surface area contributed by atoms with Crippen LogP contribution < -0.4 is 5.32 Å². The van der Waals surface area contributed by atoms with Gasteiger partial charge in [0.05, 0.1) is 5.69 Å². The molecular formula is C14H21N3O2. The van der Waals surface area contributed by atoms with Crippen LogP contribution >= 0.6 is 0 Å². The Morgan fingerprint density at radius 2 is 2.21 bits per heavy atom. The number of carboxylic acids is 1. The Bertz CT molecular complexity index is 436. The minimum atomic E-state index is -0.966. The van der Waals surface area contributed by atoms with Gasteiger partial charge in [0.2, 0.25) is 0 Å². The first kappa shape index (κ1) is 13.9. The maximum absolute atomic E-state index is 11.1. The van der Waals surface area contributed by atoms with Crippen molar-refractivity contribution in [2.45, 2.75) is 51.6 Å². The molecule has 1 aromatic rings. The zero-order chi connectivity index (χ0) is 13.7. The van der Waals surface area contributed by atoms with E-state index in [0.29, 0.717) is 24.2 Å². The Balaban J connectivity index is 1.99. The minimum absolute atomic E-state index is 0.191. The van der Waals surface area contributed by atoms with Crippen LogP contribution in [0, 0.1) is 5.92 Å². The molecule has 1 heterocycles. The molecule has 0 aliphatic heterocycles. The van der Waals surface area contributed by atoms with Crippen LogP contribution in [0.3, 0.4) is 0 Å². The quantitative estimate of drug-likeness (QED) is 0.815. The first-order valence-electron chi connectivity index (χ1n) is 6.94. The molecule has 5 heteroatoms. The molecule has 0 aromatic carbocycles. The third-order valence-electron chi connectivity index (χ3n) is 3.92. The third kappa shape index (κ3) is 3.73. The van der Waals surface area contributed by atoms with Gasteiger partial charge in [-0.05, 0) is 18.8 Å². The molecule has 1 aliphatic carbocycles. The Hall–Kier alpha value is -1.49. The van der Waals surface area contributed by atoms with Gasteiger partial charge in [0, 0.05) is 18.8 Å². The van der Waals surface area contributed by atoms with Crippen molar-refractivity contribution in [2.75, 3.05) is 0 Å². The summed E-state index contributed by atoms with van der Waals surface area (Å²) in [4.78, 5) is 18.9. The van der Waals surface area contributed by atoms with Crippen molar-refractivity contribution in [1.82, 2.24) is 15.3 Å². The van der Waals surface area contributed by atoms with Crippen molar-refractivity contribution in [3.8, 4) is 0 Å². The van der Waals surface area contributed by atoms with E-state index in [1.165, 1.54) is 38.2 Å². The van der Waals surface area contributed by atoms with Crippen LogP contribution in [-0.4, -0.2) is 27.1 Å². The van der Waals surface area contributed by atoms with E-state index in [-0.39, 0.29) is 5.56 Å². The molecule has 2 N–H and O–H groups in total. The highest BCUT2D eigenvalue weighted by molar-refractivity contribution is 5.88. The Morgan fingerprint density at radius 3 is 3.00 bits per heavy atom. The monoisotopic (exact) mass is 263 g/mol. The fourth-order valence-corrected chi connectivity index (χ4v) is 2.70. The predicted molar refractivity (Wildman–Crippen MR) is 71.9 cm³/mol. The molecule has 0 bridgehead atoms. The van der Waals surface area contributed by atoms with Crippen LogP contribution in [0.5, 0.6) is 0 Å². The van der Waals surface area contributed by atoms with Crippen LogP contribution in [-0.2, 0) is 6.54 Å². The lowest BCUT2D eigenvalue weighted by Gasteiger charge is -2.22. The van der Waals surface area contributed by atoms with E-state index in [4.69, 9.17) is 5.11 Å². The molecule has 2 rings (SSSR count). The third-order valence-corrected chi connectivity index (χ3v) is 3.92. The van der Waals surface area contributed by atoms with Gasteiger partial charge < -0.3 is 10.4 Å². The van der Waals surface area contributed by atoms with Gasteiger partial charge in [-0.3, -0.25) is 0 Å². The lowest BCUT2D eigenvalue weighted by molar-refractivity contribution is 0.0694. The van der Waals surface area contributed by atoms with Crippen molar-refractivity contribution in [1.29, 1.82) is 0 Å². The molecule has 1 fully saturated rings. The minimum Gasteiger partial charge on any atom is -0.478 e. The van der Waals surface area contributed by atoms with E-state index in [1.807, 2.05) is 0 Å². The second-order valence-electron chi connectivity index (χ2n) is 5.29. The number of hydrogen-bond acceptors (Lipinski definition) is 4. The van der Waals surface area contributed by atoms with Crippen LogP contribution in [0.2, 0.25) is 0 Å². The number of carboxylic acid groups (broad SMARTS) is 1. The van der Waals surface area contributed by atoms with Crippen molar-refractivity contribution in [3.05, 3.63) is 23.8 Å². The average Bonchev–Trinajstić information content (AvgIpc) is 2.61. The van der Waals surface area contributed by atoms with Gasteiger partial charge >= 0.3 is 5.97 Å². The van der Waals surface area contributed by atoms with Crippen molar-refractivity contribution in [3.63, 3.8) is 0 Å². The number of nitrogens with zero attached hydrogens (tertiary/aromatic N) is 2. The highest BCUT2D eigenvalue weighted by atomic mass is 16.4. The van der Waals surface area contributed by atoms with E-state index in [9.17, 15) is 4.79 Å². The van der Waals surface area contributed by atoms with Crippen molar-refractivity contribution >= 4 is 5.97 Å². The normalized spacial score (nSPS) is 23.8. The Kier molecular flexibility index (Phi) is 4.85. The summed E-state index contributed by atoms with van der Waals surface area (Å²) in [7, 11) is 0. The summed E-state index contributed by atoms with van der Waals surface area (Å²) in [5.74, 6) is -0.330. The summed E-state index contributed by atoms with van der Waals surface area (Å²) in [6.45, 7) is 2.76. The van der Waals surface area contributed by atoms with E-state index in [0.717, 1.165) is 6.42 Å². The van der Waals surface area contributed by atoms with E-state index in [1.54, 1.807) is 0 Å². The lowest BCUT2D eigenvalue weighted by Crippen LogP contribution is -2.34. The first-order valence-corrected chi connectivity index (χ1v) is 6.94. The van der Waals surface area contributed by atoms with Crippen molar-refractivity contribution in [2.24, 2.45) is 5.92 Å². The molecule has 5 nitrogen and oxygen atoms in total. The molecule has 2 unspecified atom stereocenters. The molecule has 0 radical (unpaired) electrons. The zero-order valence-corrected chi connectivity index (χ0v) is 11.3. The van der Waals surface area contributed by atoms with Crippen LogP contribution in [0.4, 0.5) is 0 Å². The SMILES string of the molecule is CC1CCCCCC1NCc1ncncc1C(=O)O. The van der Waals surface area contributed by atoms with Crippen molar-refractivity contribution < 1.29 is 9.90 Å². The molecule has 1 saturated carbocycles. The summed E-state index contributed by atoms with van der Waals surface area (Å²) in [6.07, 6.45) is 9.02. The van der Waals surface area contributed by atoms with E-state index in [2.05, 4.69) is 22.2 Å². The molecule has 0 amide bonds. The van der Waals surface area contributed by atoms with Crippen LogP contribution in [0.15, 0.2) is 12.5 Å². The van der Waals surface area contributed by atoms with Crippen LogP contribution in [0.1, 0.15) is 55.1 Å². The van der Waals surface area contributed by atoms with Gasteiger partial charge in [0.1, 0.15) is 11.9 Å². The molecule has 2 atom stereocenters. The standard InChI is InChI=1S/C14H21N3O2/c1-10-5-3-2-4-6-12(10)16-8-13-11(14(18)19)7-15-9-17-13/h7,9-10,12,16H,2-6,8H2,1H3,(H,18,19). The highest BCUT2D eigenvalue weighted by Gasteiger charge is 2.20. The Labute approximate surface area is 113 Å². The van der Waals surface area contributed by atoms with E-state index < -0.39 is 5.97 Å². The number of carbonyl (C=O) groups is 1. The zero-order valence-electron chi connectivity index (χ0n) is 11.3. The second-order valence-corrected chi connectivity index (χ2v) is 5.29. The smallest absolute Gasteiger partial charge is 0.339 e. The Morgan fingerprint density at radius 1 is 1.42 bits per heavy atom.